The molecule has 6 heteroatoms. The van der Waals surface area contributed by atoms with Crippen molar-refractivity contribution in [2.24, 2.45) is 0 Å². The monoisotopic (exact) mass is 207 g/mol. The summed E-state index contributed by atoms with van der Waals surface area (Å²) in [7, 11) is 0. The molecule has 80 valence electrons. The van der Waals surface area contributed by atoms with Crippen molar-refractivity contribution in [3.8, 4) is 11.6 Å². The van der Waals surface area contributed by atoms with Gasteiger partial charge in [-0.05, 0) is 12.6 Å². The summed E-state index contributed by atoms with van der Waals surface area (Å²) < 4.78 is 5.44. The molecule has 0 aromatic carbocycles. The van der Waals surface area contributed by atoms with E-state index in [9.17, 15) is 0 Å². The summed E-state index contributed by atoms with van der Waals surface area (Å²) in [5.41, 5.74) is 0.747. The average molecular weight is 207 g/mol. The first-order valence-electron chi connectivity index (χ1n) is 4.93. The van der Waals surface area contributed by atoms with Crippen molar-refractivity contribution in [2.45, 2.75) is 13.3 Å². The highest BCUT2D eigenvalue weighted by atomic mass is 16.4. The van der Waals surface area contributed by atoms with Crippen LogP contribution in [-0.4, -0.2) is 33.5 Å². The van der Waals surface area contributed by atoms with E-state index in [2.05, 4.69) is 32.6 Å². The number of hydrogen-bond donors (Lipinski definition) is 2. The molecule has 2 rings (SSSR count). The predicted octanol–water partition coefficient (Wildman–Crippen LogP) is 0.612. The minimum Gasteiger partial charge on any atom is -0.419 e. The molecule has 2 aromatic heterocycles. The van der Waals surface area contributed by atoms with Crippen LogP contribution in [0, 0.1) is 0 Å². The van der Waals surface area contributed by atoms with E-state index < -0.39 is 0 Å². The van der Waals surface area contributed by atoms with Crippen molar-refractivity contribution < 1.29 is 4.42 Å². The molecule has 0 aliphatic heterocycles. The second kappa shape index (κ2) is 4.70. The Balaban J connectivity index is 1.98. The van der Waals surface area contributed by atoms with Gasteiger partial charge in [0.2, 0.25) is 5.89 Å². The zero-order valence-electron chi connectivity index (χ0n) is 8.53. The van der Waals surface area contributed by atoms with Gasteiger partial charge in [-0.15, -0.1) is 10.2 Å². The molecular formula is C9H13N5O. The van der Waals surface area contributed by atoms with Gasteiger partial charge in [-0.25, -0.2) is 0 Å². The van der Waals surface area contributed by atoms with Crippen molar-refractivity contribution in [3.05, 3.63) is 18.2 Å². The highest BCUT2D eigenvalue weighted by Crippen LogP contribution is 2.13. The van der Waals surface area contributed by atoms with Crippen LogP contribution in [-0.2, 0) is 6.42 Å². The fraction of sp³-hybridized carbons (Fsp3) is 0.444. The van der Waals surface area contributed by atoms with Crippen LogP contribution < -0.4 is 5.32 Å². The van der Waals surface area contributed by atoms with Gasteiger partial charge in [0, 0.05) is 19.2 Å². The van der Waals surface area contributed by atoms with E-state index in [1.165, 1.54) is 0 Å². The number of rotatable bonds is 5. The first kappa shape index (κ1) is 9.85. The topological polar surface area (TPSA) is 79.6 Å². The molecule has 2 aromatic rings. The zero-order chi connectivity index (χ0) is 10.5. The van der Waals surface area contributed by atoms with Crippen LogP contribution in [0.25, 0.3) is 11.6 Å². The maximum atomic E-state index is 5.44. The van der Waals surface area contributed by atoms with E-state index in [1.807, 2.05) is 0 Å². The van der Waals surface area contributed by atoms with Crippen LogP contribution >= 0.6 is 0 Å². The maximum Gasteiger partial charge on any atom is 0.265 e. The molecule has 0 fully saturated rings. The summed E-state index contributed by atoms with van der Waals surface area (Å²) in [5, 5.41) is 17.6. The lowest BCUT2D eigenvalue weighted by molar-refractivity contribution is 0.495. The minimum atomic E-state index is 0.485. The van der Waals surface area contributed by atoms with Crippen LogP contribution in [0.5, 0.6) is 0 Å². The molecule has 0 amide bonds. The molecular weight excluding hydrogens is 194 g/mol. The molecule has 15 heavy (non-hydrogen) atoms. The summed E-state index contributed by atoms with van der Waals surface area (Å²) >= 11 is 0. The third-order valence-corrected chi connectivity index (χ3v) is 1.96. The first-order valence-corrected chi connectivity index (χ1v) is 4.93. The molecule has 2 heterocycles. The lowest BCUT2D eigenvalue weighted by Gasteiger charge is -1.95. The van der Waals surface area contributed by atoms with E-state index in [4.69, 9.17) is 4.42 Å². The number of likely N-dealkylation sites (N-methyl/N-ethyl adjacent to an activating group) is 1. The summed E-state index contributed by atoms with van der Waals surface area (Å²) in [4.78, 5) is 0. The van der Waals surface area contributed by atoms with Crippen LogP contribution in [0.15, 0.2) is 16.7 Å². The summed E-state index contributed by atoms with van der Waals surface area (Å²) in [5.74, 6) is 1.12. The van der Waals surface area contributed by atoms with E-state index in [0.717, 1.165) is 25.2 Å². The second-order valence-corrected chi connectivity index (χ2v) is 3.07. The number of aromatic nitrogens is 4. The molecule has 0 spiro atoms. The highest BCUT2D eigenvalue weighted by molar-refractivity contribution is 5.44. The Hall–Kier alpha value is -1.69. The lowest BCUT2D eigenvalue weighted by atomic mass is 10.4. The van der Waals surface area contributed by atoms with Crippen molar-refractivity contribution >= 4 is 0 Å². The number of H-pyrrole nitrogens is 1. The van der Waals surface area contributed by atoms with Gasteiger partial charge in [-0.3, -0.25) is 5.10 Å². The number of nitrogens with zero attached hydrogens (tertiary/aromatic N) is 3. The fourth-order valence-corrected chi connectivity index (χ4v) is 1.21. The Morgan fingerprint density at radius 2 is 2.40 bits per heavy atom. The van der Waals surface area contributed by atoms with Crippen LogP contribution in [0.1, 0.15) is 12.8 Å². The van der Waals surface area contributed by atoms with Crippen molar-refractivity contribution in [1.29, 1.82) is 0 Å². The summed E-state index contributed by atoms with van der Waals surface area (Å²) in [6.07, 6.45) is 2.40. The summed E-state index contributed by atoms with van der Waals surface area (Å²) in [6, 6.07) is 1.79. The second-order valence-electron chi connectivity index (χ2n) is 3.07. The zero-order valence-corrected chi connectivity index (χ0v) is 8.53. The SMILES string of the molecule is CCNCCc1nnc(-c2ccn[nH]2)o1. The molecule has 0 atom stereocenters. The van der Waals surface area contributed by atoms with Gasteiger partial charge in [0.05, 0.1) is 0 Å². The predicted molar refractivity (Wildman–Crippen MR) is 54.1 cm³/mol. The average Bonchev–Trinajstić information content (AvgIpc) is 2.87. The normalized spacial score (nSPS) is 10.7. The Morgan fingerprint density at radius 3 is 3.13 bits per heavy atom. The standard InChI is InChI=1S/C9H13N5O/c1-2-10-5-4-8-13-14-9(15-8)7-3-6-11-12-7/h3,6,10H,2,4-5H2,1H3,(H,11,12). The van der Waals surface area contributed by atoms with Crippen LogP contribution in [0.2, 0.25) is 0 Å². The first-order chi connectivity index (χ1) is 7.40. The van der Waals surface area contributed by atoms with Gasteiger partial charge in [0.15, 0.2) is 0 Å². The van der Waals surface area contributed by atoms with E-state index in [-0.39, 0.29) is 0 Å². The highest BCUT2D eigenvalue weighted by Gasteiger charge is 2.08. The van der Waals surface area contributed by atoms with Crippen molar-refractivity contribution in [2.75, 3.05) is 13.1 Å². The van der Waals surface area contributed by atoms with Crippen LogP contribution in [0.4, 0.5) is 0 Å². The van der Waals surface area contributed by atoms with E-state index >= 15 is 0 Å². The van der Waals surface area contributed by atoms with Crippen molar-refractivity contribution in [3.63, 3.8) is 0 Å². The fourth-order valence-electron chi connectivity index (χ4n) is 1.21. The Bertz CT molecular complexity index is 394. The minimum absolute atomic E-state index is 0.485. The number of hydrogen-bond acceptors (Lipinski definition) is 5. The molecule has 0 saturated heterocycles. The van der Waals surface area contributed by atoms with Gasteiger partial charge >= 0.3 is 0 Å². The Morgan fingerprint density at radius 1 is 1.47 bits per heavy atom. The van der Waals surface area contributed by atoms with Crippen LogP contribution in [0.3, 0.4) is 0 Å². The molecule has 0 aliphatic carbocycles. The quantitative estimate of drug-likeness (QED) is 0.702. The maximum absolute atomic E-state index is 5.44. The lowest BCUT2D eigenvalue weighted by Crippen LogP contribution is -2.16. The molecule has 0 unspecified atom stereocenters. The van der Waals surface area contributed by atoms with Gasteiger partial charge in [0.1, 0.15) is 5.69 Å². The van der Waals surface area contributed by atoms with Gasteiger partial charge < -0.3 is 9.73 Å². The Kier molecular flexibility index (Phi) is 3.08. The molecule has 0 bridgehead atoms. The Labute approximate surface area is 87.1 Å². The smallest absolute Gasteiger partial charge is 0.265 e. The molecule has 6 nitrogen and oxygen atoms in total. The van der Waals surface area contributed by atoms with Crippen molar-refractivity contribution in [1.82, 2.24) is 25.7 Å². The molecule has 2 N–H and O–H groups in total. The number of aromatic amines is 1. The van der Waals surface area contributed by atoms with Gasteiger partial charge in [0.25, 0.3) is 5.89 Å². The summed E-state index contributed by atoms with van der Waals surface area (Å²) in [6.45, 7) is 3.85. The van der Waals surface area contributed by atoms with E-state index in [1.54, 1.807) is 12.3 Å². The molecule has 0 aliphatic rings. The van der Waals surface area contributed by atoms with Gasteiger partial charge in [-0.2, -0.15) is 5.10 Å². The molecule has 0 saturated carbocycles. The van der Waals surface area contributed by atoms with Gasteiger partial charge in [-0.1, -0.05) is 6.92 Å². The number of nitrogens with one attached hydrogen (secondary N) is 2. The third-order valence-electron chi connectivity index (χ3n) is 1.96. The van der Waals surface area contributed by atoms with E-state index in [0.29, 0.717) is 11.8 Å². The largest absolute Gasteiger partial charge is 0.419 e. The molecule has 0 radical (unpaired) electrons. The third kappa shape index (κ3) is 2.41.